The molecule has 19 heavy (non-hydrogen) atoms. The molecule has 0 saturated carbocycles. The van der Waals surface area contributed by atoms with E-state index in [-0.39, 0.29) is 23.4 Å². The third kappa shape index (κ3) is 2.54. The van der Waals surface area contributed by atoms with Gasteiger partial charge in [-0.1, -0.05) is 0 Å². The zero-order valence-corrected chi connectivity index (χ0v) is 10.1. The molecule has 0 spiro atoms. The molecule has 0 unspecified atom stereocenters. The Morgan fingerprint density at radius 1 is 1.05 bits per heavy atom. The van der Waals surface area contributed by atoms with Gasteiger partial charge in [0.25, 0.3) is 0 Å². The van der Waals surface area contributed by atoms with Gasteiger partial charge in [0, 0.05) is 12.4 Å². The number of carbonyl (C=O) groups excluding carboxylic acids is 2. The molecule has 8 nitrogen and oxygen atoms in total. The number of carbonyl (C=O) groups is 2. The van der Waals surface area contributed by atoms with Crippen LogP contribution in [0.1, 0.15) is 0 Å². The summed E-state index contributed by atoms with van der Waals surface area (Å²) >= 11 is 0. The number of H-pyrrole nitrogens is 1. The van der Waals surface area contributed by atoms with E-state index in [1.54, 1.807) is 24.5 Å². The van der Waals surface area contributed by atoms with Crippen LogP contribution >= 0.6 is 12.4 Å². The van der Waals surface area contributed by atoms with Gasteiger partial charge in [0.2, 0.25) is 0 Å². The van der Waals surface area contributed by atoms with Crippen molar-refractivity contribution in [3.63, 3.8) is 0 Å². The molecule has 9 heteroatoms. The predicted octanol–water partition coefficient (Wildman–Crippen LogP) is -1.63. The first-order valence-electron chi connectivity index (χ1n) is 4.76. The van der Waals surface area contributed by atoms with E-state index in [1.165, 1.54) is 0 Å². The third-order valence-electron chi connectivity index (χ3n) is 2.21. The molecule has 1 aliphatic heterocycles. The number of aromatic nitrogens is 3. The minimum Gasteiger partial charge on any atom is -0.412 e. The number of amides is 2. The van der Waals surface area contributed by atoms with Crippen LogP contribution in [-0.2, 0) is 9.59 Å². The topological polar surface area (TPSA) is 132 Å². The number of halogens is 1. The van der Waals surface area contributed by atoms with Crippen LogP contribution in [0.15, 0.2) is 34.5 Å². The van der Waals surface area contributed by atoms with Crippen LogP contribution in [0.25, 0.3) is 11.5 Å². The van der Waals surface area contributed by atoms with Crippen molar-refractivity contribution in [2.75, 3.05) is 0 Å². The molecule has 0 radical (unpaired) electrons. The van der Waals surface area contributed by atoms with Crippen LogP contribution in [0.3, 0.4) is 0 Å². The normalized spacial score (nSPS) is 12.4. The second-order valence-corrected chi connectivity index (χ2v) is 3.31. The summed E-state index contributed by atoms with van der Waals surface area (Å²) in [6.45, 7) is 0. The fraction of sp³-hybridized carbons (Fsp3) is 0. The van der Waals surface area contributed by atoms with Crippen molar-refractivity contribution in [2.24, 2.45) is 9.98 Å². The fourth-order valence-corrected chi connectivity index (χ4v) is 1.45. The van der Waals surface area contributed by atoms with Crippen molar-refractivity contribution in [1.29, 1.82) is 0 Å². The van der Waals surface area contributed by atoms with Crippen LogP contribution in [0.5, 0.6) is 0 Å². The third-order valence-corrected chi connectivity index (χ3v) is 2.21. The number of pyridine rings is 1. The van der Waals surface area contributed by atoms with Gasteiger partial charge in [-0.3, -0.25) is 9.59 Å². The van der Waals surface area contributed by atoms with E-state index < -0.39 is 11.8 Å². The SMILES string of the molecule is Cl.O.O=C1N=c2ccc(-c3ncc[nH]3)nc2=NC1=O. The summed E-state index contributed by atoms with van der Waals surface area (Å²) in [7, 11) is 0. The molecule has 98 valence electrons. The molecule has 0 atom stereocenters. The number of hydrogen-bond donors (Lipinski definition) is 1. The van der Waals surface area contributed by atoms with Crippen molar-refractivity contribution in [3.05, 3.63) is 35.4 Å². The number of fused-ring (bicyclic) bond motifs is 1. The molecule has 0 saturated heterocycles. The first-order chi connectivity index (χ1) is 8.24. The van der Waals surface area contributed by atoms with E-state index in [9.17, 15) is 9.59 Å². The minimum atomic E-state index is -0.901. The van der Waals surface area contributed by atoms with Gasteiger partial charge in [0.1, 0.15) is 11.1 Å². The monoisotopic (exact) mass is 281 g/mol. The molecule has 2 aromatic rings. The zero-order chi connectivity index (χ0) is 11.8. The first kappa shape index (κ1) is 14.6. The summed E-state index contributed by atoms with van der Waals surface area (Å²) in [4.78, 5) is 40.3. The maximum absolute atomic E-state index is 11.1. The van der Waals surface area contributed by atoms with E-state index >= 15 is 0 Å². The number of nitrogens with one attached hydrogen (secondary N) is 1. The summed E-state index contributed by atoms with van der Waals surface area (Å²) in [5.74, 6) is -1.21. The summed E-state index contributed by atoms with van der Waals surface area (Å²) in [6.07, 6.45) is 3.25. The lowest BCUT2D eigenvalue weighted by molar-refractivity contribution is -0.135. The molecule has 0 bridgehead atoms. The van der Waals surface area contributed by atoms with Gasteiger partial charge in [-0.05, 0) is 12.1 Å². The summed E-state index contributed by atoms with van der Waals surface area (Å²) in [5.41, 5.74) is 0.679. The molecular formula is C10H8ClN5O3. The Hall–Kier alpha value is -2.45. The Kier molecular flexibility index (Phi) is 4.20. The van der Waals surface area contributed by atoms with Crippen molar-refractivity contribution in [1.82, 2.24) is 15.0 Å². The van der Waals surface area contributed by atoms with Crippen molar-refractivity contribution >= 4 is 24.2 Å². The molecule has 3 N–H and O–H groups in total. The predicted molar refractivity (Wildman–Crippen MR) is 65.0 cm³/mol. The number of nitrogens with zero attached hydrogens (tertiary/aromatic N) is 4. The number of rotatable bonds is 1. The molecule has 3 heterocycles. The zero-order valence-electron chi connectivity index (χ0n) is 9.32. The number of hydrogen-bond acceptors (Lipinski definition) is 4. The van der Waals surface area contributed by atoms with E-state index in [2.05, 4.69) is 24.9 Å². The van der Waals surface area contributed by atoms with E-state index in [0.29, 0.717) is 16.9 Å². The standard InChI is InChI=1S/C10H5N5O2.ClH.H2O/c16-9-10(17)15-8-6(14-9)2-1-5(13-8)7-11-3-4-12-7;;/h1-4H,(H,11,12);1H;1H2. The summed E-state index contributed by atoms with van der Waals surface area (Å²) in [6, 6.07) is 3.23. The number of aromatic amines is 1. The fourth-order valence-electron chi connectivity index (χ4n) is 1.45. The lowest BCUT2D eigenvalue weighted by Crippen LogP contribution is -2.37. The Morgan fingerprint density at radius 3 is 2.47 bits per heavy atom. The first-order valence-corrected chi connectivity index (χ1v) is 4.76. The highest BCUT2D eigenvalue weighted by Gasteiger charge is 2.16. The van der Waals surface area contributed by atoms with E-state index in [4.69, 9.17) is 0 Å². The van der Waals surface area contributed by atoms with Crippen molar-refractivity contribution in [2.45, 2.75) is 0 Å². The molecule has 2 amide bonds. The second kappa shape index (κ2) is 5.46. The van der Waals surface area contributed by atoms with Gasteiger partial charge < -0.3 is 10.5 Å². The van der Waals surface area contributed by atoms with E-state index in [0.717, 1.165) is 0 Å². The average molecular weight is 282 g/mol. The minimum absolute atomic E-state index is 0. The van der Waals surface area contributed by atoms with Gasteiger partial charge in [0.15, 0.2) is 11.3 Å². The van der Waals surface area contributed by atoms with Crippen LogP contribution in [0.4, 0.5) is 0 Å². The highest BCUT2D eigenvalue weighted by Crippen LogP contribution is 2.06. The van der Waals surface area contributed by atoms with Gasteiger partial charge in [-0.25, -0.2) is 15.0 Å². The van der Waals surface area contributed by atoms with E-state index in [1.807, 2.05) is 0 Å². The van der Waals surface area contributed by atoms with Crippen LogP contribution < -0.4 is 10.8 Å². The molecule has 0 fully saturated rings. The lowest BCUT2D eigenvalue weighted by Gasteiger charge is -1.98. The average Bonchev–Trinajstić information content (AvgIpc) is 2.83. The summed E-state index contributed by atoms with van der Waals surface area (Å²) < 4.78 is 0. The smallest absolute Gasteiger partial charge is 0.339 e. The van der Waals surface area contributed by atoms with Crippen LogP contribution in [-0.4, -0.2) is 32.2 Å². The molecule has 1 aliphatic rings. The summed E-state index contributed by atoms with van der Waals surface area (Å²) in [5, 5.41) is 0.296. The Labute approximate surface area is 112 Å². The van der Waals surface area contributed by atoms with Crippen molar-refractivity contribution < 1.29 is 15.1 Å². The maximum atomic E-state index is 11.1. The Bertz CT molecular complexity index is 741. The highest BCUT2D eigenvalue weighted by atomic mass is 35.5. The molecule has 2 aromatic heterocycles. The van der Waals surface area contributed by atoms with Crippen molar-refractivity contribution in [3.8, 4) is 11.5 Å². The van der Waals surface area contributed by atoms with Gasteiger partial charge >= 0.3 is 11.8 Å². The molecule has 3 rings (SSSR count). The Morgan fingerprint density at radius 2 is 1.79 bits per heavy atom. The second-order valence-electron chi connectivity index (χ2n) is 3.31. The molecular weight excluding hydrogens is 274 g/mol. The maximum Gasteiger partial charge on any atom is 0.339 e. The lowest BCUT2D eigenvalue weighted by atomic mass is 10.3. The largest absolute Gasteiger partial charge is 0.412 e. The molecule has 0 aromatic carbocycles. The van der Waals surface area contributed by atoms with Crippen LogP contribution in [0, 0.1) is 0 Å². The highest BCUT2D eigenvalue weighted by molar-refractivity contribution is 6.36. The van der Waals surface area contributed by atoms with Crippen LogP contribution in [0.2, 0.25) is 0 Å². The quantitative estimate of drug-likeness (QED) is 0.629. The Balaban J connectivity index is 0.000000902. The molecule has 0 aliphatic carbocycles. The number of imidazole rings is 1. The van der Waals surface area contributed by atoms with Gasteiger partial charge in [-0.15, -0.1) is 12.4 Å². The van der Waals surface area contributed by atoms with Gasteiger partial charge in [-0.2, -0.15) is 4.99 Å². The van der Waals surface area contributed by atoms with Gasteiger partial charge in [0.05, 0.1) is 0 Å².